The third-order valence-electron chi connectivity index (χ3n) is 6.28. The minimum absolute atomic E-state index is 1.21. The van der Waals surface area contributed by atoms with Gasteiger partial charge in [-0.1, -0.05) is 72.8 Å². The maximum Gasteiger partial charge on any atom is 0.0361 e. The molecule has 0 radical (unpaired) electrons. The van der Waals surface area contributed by atoms with E-state index in [2.05, 4.69) is 135 Å². The van der Waals surface area contributed by atoms with Crippen LogP contribution in [0.1, 0.15) is 0 Å². The Morgan fingerprint density at radius 3 is 0.906 bits per heavy atom. The highest BCUT2D eigenvalue weighted by atomic mass is 15.1. The van der Waals surface area contributed by atoms with Gasteiger partial charge in [0.15, 0.2) is 0 Å². The van der Waals surface area contributed by atoms with Crippen molar-refractivity contribution in [2.24, 2.45) is 0 Å². The topological polar surface area (TPSA) is 6.48 Å². The van der Waals surface area contributed by atoms with E-state index in [4.69, 9.17) is 0 Å². The van der Waals surface area contributed by atoms with Crippen LogP contribution >= 0.6 is 0 Å². The van der Waals surface area contributed by atoms with Gasteiger partial charge in [-0.3, -0.25) is 0 Å². The minimum Gasteiger partial charge on any atom is -0.378 e. The van der Waals surface area contributed by atoms with Crippen molar-refractivity contribution in [2.45, 2.75) is 0 Å². The fourth-order valence-electron chi connectivity index (χ4n) is 4.60. The number of rotatable bonds is 4. The third-order valence-corrected chi connectivity index (χ3v) is 6.28. The Labute approximate surface area is 190 Å². The van der Waals surface area contributed by atoms with Gasteiger partial charge in [0, 0.05) is 39.6 Å². The van der Waals surface area contributed by atoms with Gasteiger partial charge in [-0.15, -0.1) is 0 Å². The van der Waals surface area contributed by atoms with E-state index < -0.39 is 0 Å². The molecule has 0 aliphatic heterocycles. The lowest BCUT2D eigenvalue weighted by atomic mass is 9.86. The molecule has 0 heterocycles. The zero-order chi connectivity index (χ0) is 22.2. The highest BCUT2D eigenvalue weighted by molar-refractivity contribution is 6.21. The van der Waals surface area contributed by atoms with E-state index in [1.54, 1.807) is 0 Å². The number of hydrogen-bond donors (Lipinski definition) is 0. The predicted molar refractivity (Wildman–Crippen MR) is 141 cm³/mol. The Balaban J connectivity index is 1.83. The molecule has 0 atom stereocenters. The van der Waals surface area contributed by atoms with Crippen LogP contribution in [0.15, 0.2) is 97.1 Å². The summed E-state index contributed by atoms with van der Waals surface area (Å²) in [6, 6.07) is 35.4. The molecule has 0 fully saturated rings. The number of benzene rings is 5. The smallest absolute Gasteiger partial charge is 0.0361 e. The highest BCUT2D eigenvalue weighted by Gasteiger charge is 2.16. The Bertz CT molecular complexity index is 1230. The molecule has 0 bridgehead atoms. The van der Waals surface area contributed by atoms with Crippen LogP contribution in [0.25, 0.3) is 43.8 Å². The summed E-state index contributed by atoms with van der Waals surface area (Å²) >= 11 is 0. The normalized spacial score (nSPS) is 11.1. The van der Waals surface area contributed by atoms with Crippen LogP contribution in [0, 0.1) is 0 Å². The Kier molecular flexibility index (Phi) is 5.07. The summed E-state index contributed by atoms with van der Waals surface area (Å²) < 4.78 is 0. The number of anilines is 2. The molecular formula is C30H28N2. The SMILES string of the molecule is CN(C)c1ccc(-c2c3ccccc3c(-c3ccc(N(C)C)cc3)c3ccccc23)cc1. The molecule has 2 nitrogen and oxygen atoms in total. The van der Waals surface area contributed by atoms with Crippen LogP contribution in [0.3, 0.4) is 0 Å². The summed E-state index contributed by atoms with van der Waals surface area (Å²) in [6.07, 6.45) is 0. The van der Waals surface area contributed by atoms with Gasteiger partial charge in [0.1, 0.15) is 0 Å². The monoisotopic (exact) mass is 416 g/mol. The first kappa shape index (κ1) is 20.1. The summed E-state index contributed by atoms with van der Waals surface area (Å²) in [7, 11) is 8.32. The van der Waals surface area contributed by atoms with Crippen molar-refractivity contribution in [1.29, 1.82) is 0 Å². The molecule has 0 saturated heterocycles. The van der Waals surface area contributed by atoms with Crippen molar-refractivity contribution in [1.82, 2.24) is 0 Å². The second-order valence-corrected chi connectivity index (χ2v) is 8.72. The van der Waals surface area contributed by atoms with Gasteiger partial charge in [-0.2, -0.15) is 0 Å². The summed E-state index contributed by atoms with van der Waals surface area (Å²) in [6.45, 7) is 0. The Morgan fingerprint density at radius 1 is 0.375 bits per heavy atom. The Morgan fingerprint density at radius 2 is 0.656 bits per heavy atom. The maximum atomic E-state index is 2.26. The van der Waals surface area contributed by atoms with Crippen molar-refractivity contribution < 1.29 is 0 Å². The lowest BCUT2D eigenvalue weighted by Gasteiger charge is -2.19. The fraction of sp³-hybridized carbons (Fsp3) is 0.133. The van der Waals surface area contributed by atoms with Gasteiger partial charge in [-0.25, -0.2) is 0 Å². The van der Waals surface area contributed by atoms with Crippen molar-refractivity contribution in [2.75, 3.05) is 38.0 Å². The minimum atomic E-state index is 1.21. The van der Waals surface area contributed by atoms with Crippen molar-refractivity contribution in [3.05, 3.63) is 97.1 Å². The molecule has 0 aliphatic carbocycles. The van der Waals surface area contributed by atoms with Crippen molar-refractivity contribution >= 4 is 32.9 Å². The zero-order valence-corrected chi connectivity index (χ0v) is 19.1. The van der Waals surface area contributed by atoms with Crippen LogP contribution in [0.4, 0.5) is 11.4 Å². The summed E-state index contributed by atoms with van der Waals surface area (Å²) in [4.78, 5) is 4.28. The first-order chi connectivity index (χ1) is 15.5. The van der Waals surface area contributed by atoms with E-state index in [9.17, 15) is 0 Å². The van der Waals surface area contributed by atoms with Gasteiger partial charge < -0.3 is 9.80 Å². The van der Waals surface area contributed by atoms with Crippen molar-refractivity contribution in [3.63, 3.8) is 0 Å². The van der Waals surface area contributed by atoms with E-state index in [1.165, 1.54) is 55.2 Å². The summed E-state index contributed by atoms with van der Waals surface area (Å²) in [5.41, 5.74) is 7.51. The molecule has 0 spiro atoms. The highest BCUT2D eigenvalue weighted by Crippen LogP contribution is 2.43. The zero-order valence-electron chi connectivity index (χ0n) is 19.1. The molecule has 32 heavy (non-hydrogen) atoms. The molecule has 0 aromatic heterocycles. The van der Waals surface area contributed by atoms with Crippen LogP contribution < -0.4 is 9.80 Å². The standard InChI is InChI=1S/C30H28N2/c1-31(2)23-17-13-21(14-18-23)29-25-9-5-7-11-27(25)30(28-12-8-6-10-26(28)29)22-15-19-24(20-16-22)32(3)4/h5-20H,1-4H3. The van der Waals surface area contributed by atoms with E-state index >= 15 is 0 Å². The number of hydrogen-bond acceptors (Lipinski definition) is 2. The molecular weight excluding hydrogens is 388 g/mol. The van der Waals surface area contributed by atoms with Gasteiger partial charge in [-0.05, 0) is 68.1 Å². The average molecular weight is 417 g/mol. The quantitative estimate of drug-likeness (QED) is 0.281. The molecule has 5 aromatic rings. The van der Waals surface area contributed by atoms with E-state index in [0.29, 0.717) is 0 Å². The second kappa shape index (κ2) is 8.05. The summed E-state index contributed by atoms with van der Waals surface area (Å²) in [5, 5.41) is 5.15. The van der Waals surface area contributed by atoms with Crippen LogP contribution in [0.5, 0.6) is 0 Å². The van der Waals surface area contributed by atoms with Crippen LogP contribution in [0.2, 0.25) is 0 Å². The number of fused-ring (bicyclic) bond motifs is 2. The largest absolute Gasteiger partial charge is 0.378 e. The lowest BCUT2D eigenvalue weighted by molar-refractivity contribution is 1.13. The van der Waals surface area contributed by atoms with Gasteiger partial charge in [0.05, 0.1) is 0 Å². The molecule has 0 aliphatic rings. The molecule has 0 amide bonds. The second-order valence-electron chi connectivity index (χ2n) is 8.72. The van der Waals surface area contributed by atoms with Gasteiger partial charge >= 0.3 is 0 Å². The first-order valence-corrected chi connectivity index (χ1v) is 11.0. The predicted octanol–water partition coefficient (Wildman–Crippen LogP) is 7.46. The summed E-state index contributed by atoms with van der Waals surface area (Å²) in [5.74, 6) is 0. The molecule has 0 saturated carbocycles. The Hall–Kier alpha value is -3.78. The van der Waals surface area contributed by atoms with Gasteiger partial charge in [0.2, 0.25) is 0 Å². The molecule has 2 heteroatoms. The first-order valence-electron chi connectivity index (χ1n) is 11.0. The number of nitrogens with zero attached hydrogens (tertiary/aromatic N) is 2. The van der Waals surface area contributed by atoms with Crippen molar-refractivity contribution in [3.8, 4) is 22.3 Å². The van der Waals surface area contributed by atoms with E-state index in [0.717, 1.165) is 0 Å². The van der Waals surface area contributed by atoms with E-state index in [-0.39, 0.29) is 0 Å². The van der Waals surface area contributed by atoms with E-state index in [1.807, 2.05) is 0 Å². The fourth-order valence-corrected chi connectivity index (χ4v) is 4.60. The lowest BCUT2D eigenvalue weighted by Crippen LogP contribution is -2.08. The molecule has 0 N–H and O–H groups in total. The maximum absolute atomic E-state index is 2.26. The third kappa shape index (κ3) is 3.38. The molecule has 0 unspecified atom stereocenters. The van der Waals surface area contributed by atoms with Crippen LogP contribution in [-0.2, 0) is 0 Å². The molecule has 5 aromatic carbocycles. The van der Waals surface area contributed by atoms with Crippen LogP contribution in [-0.4, -0.2) is 28.2 Å². The van der Waals surface area contributed by atoms with Gasteiger partial charge in [0.25, 0.3) is 0 Å². The molecule has 158 valence electrons. The average Bonchev–Trinajstić information content (AvgIpc) is 2.82. The molecule has 5 rings (SSSR count).